The monoisotopic (exact) mass is 348 g/mol. The topological polar surface area (TPSA) is 75.9 Å². The Bertz CT molecular complexity index is 946. The molecule has 0 aliphatic heterocycles. The van der Waals surface area contributed by atoms with Gasteiger partial charge in [-0.15, -0.1) is 0 Å². The van der Waals surface area contributed by atoms with Crippen molar-refractivity contribution in [3.05, 3.63) is 60.9 Å². The van der Waals surface area contributed by atoms with E-state index in [4.69, 9.17) is 0 Å². The van der Waals surface area contributed by atoms with Gasteiger partial charge in [0, 0.05) is 31.7 Å². The number of anilines is 2. The van der Waals surface area contributed by atoms with Crippen LogP contribution in [0, 0.1) is 0 Å². The number of hydrogen-bond acceptors (Lipinski definition) is 5. The summed E-state index contributed by atoms with van der Waals surface area (Å²) in [4.78, 5) is 23.1. The number of nitrogens with one attached hydrogen (secondary N) is 1. The molecule has 1 aromatic carbocycles. The van der Waals surface area contributed by atoms with Gasteiger partial charge in [-0.2, -0.15) is 5.10 Å². The number of allylic oxidation sites excluding steroid dienone is 1. The average molecular weight is 348 g/mol. The molecule has 0 atom stereocenters. The fourth-order valence-corrected chi connectivity index (χ4v) is 2.39. The maximum Gasteiger partial charge on any atom is 0.276 e. The van der Waals surface area contributed by atoms with Crippen LogP contribution >= 0.6 is 0 Å². The van der Waals surface area contributed by atoms with Gasteiger partial charge in [0.2, 0.25) is 5.95 Å². The highest BCUT2D eigenvalue weighted by molar-refractivity contribution is 6.03. The highest BCUT2D eigenvalue weighted by Crippen LogP contribution is 2.23. The van der Waals surface area contributed by atoms with E-state index in [0.717, 1.165) is 0 Å². The molecule has 7 nitrogen and oxygen atoms in total. The molecule has 0 spiro atoms. The van der Waals surface area contributed by atoms with E-state index in [0.29, 0.717) is 28.7 Å². The van der Waals surface area contributed by atoms with Crippen molar-refractivity contribution in [1.29, 1.82) is 0 Å². The van der Waals surface area contributed by atoms with E-state index in [1.807, 2.05) is 56.3 Å². The lowest BCUT2D eigenvalue weighted by Crippen LogP contribution is -2.13. The van der Waals surface area contributed by atoms with E-state index < -0.39 is 0 Å². The van der Waals surface area contributed by atoms with E-state index in [-0.39, 0.29) is 11.6 Å². The molecule has 0 unspecified atom stereocenters. The standard InChI is InChI=1S/C19H20N6O/c1-13(2)25-17(15-10-11-20-19(22-15)24(3)4)12-16(23-25)18(26)21-14-8-6-5-7-9-14/h5-12H,1H2,2-4H3,(H,21,26). The summed E-state index contributed by atoms with van der Waals surface area (Å²) in [7, 11) is 3.74. The molecule has 0 aliphatic rings. The first-order valence-electron chi connectivity index (χ1n) is 8.09. The predicted octanol–water partition coefficient (Wildman–Crippen LogP) is 3.15. The van der Waals surface area contributed by atoms with E-state index in [1.54, 1.807) is 23.0 Å². The number of benzene rings is 1. The van der Waals surface area contributed by atoms with Gasteiger partial charge in [-0.25, -0.2) is 14.6 Å². The van der Waals surface area contributed by atoms with Crippen molar-refractivity contribution in [3.8, 4) is 11.4 Å². The van der Waals surface area contributed by atoms with E-state index >= 15 is 0 Å². The summed E-state index contributed by atoms with van der Waals surface area (Å²) < 4.78 is 1.61. The Hall–Kier alpha value is -3.48. The first-order chi connectivity index (χ1) is 12.5. The van der Waals surface area contributed by atoms with Crippen LogP contribution < -0.4 is 10.2 Å². The van der Waals surface area contributed by atoms with Crippen molar-refractivity contribution < 1.29 is 4.79 Å². The number of aromatic nitrogens is 4. The van der Waals surface area contributed by atoms with Crippen LogP contribution in [0.1, 0.15) is 17.4 Å². The van der Waals surface area contributed by atoms with Crippen molar-refractivity contribution >= 4 is 23.2 Å². The number of carbonyl (C=O) groups excluding carboxylic acids is 1. The summed E-state index contributed by atoms with van der Waals surface area (Å²) >= 11 is 0. The maximum absolute atomic E-state index is 12.6. The molecule has 3 aromatic rings. The van der Waals surface area contributed by atoms with Crippen LogP contribution in [0.15, 0.2) is 55.2 Å². The van der Waals surface area contributed by atoms with Crippen molar-refractivity contribution in [3.63, 3.8) is 0 Å². The van der Waals surface area contributed by atoms with Gasteiger partial charge in [0.25, 0.3) is 5.91 Å². The fourth-order valence-electron chi connectivity index (χ4n) is 2.39. The first kappa shape index (κ1) is 17.3. The van der Waals surface area contributed by atoms with Gasteiger partial charge < -0.3 is 10.2 Å². The smallest absolute Gasteiger partial charge is 0.276 e. The molecule has 3 rings (SSSR count). The van der Waals surface area contributed by atoms with Crippen molar-refractivity contribution in [2.24, 2.45) is 0 Å². The van der Waals surface area contributed by atoms with Crippen LogP contribution in [0.5, 0.6) is 0 Å². The van der Waals surface area contributed by atoms with Gasteiger partial charge in [-0.05, 0) is 31.2 Å². The third-order valence-electron chi connectivity index (χ3n) is 3.64. The molecular formula is C19H20N6O. The predicted molar refractivity (Wildman–Crippen MR) is 103 cm³/mol. The Labute approximate surface area is 152 Å². The molecule has 132 valence electrons. The molecule has 7 heteroatoms. The summed E-state index contributed by atoms with van der Waals surface area (Å²) in [6.07, 6.45) is 1.68. The molecule has 0 radical (unpaired) electrons. The molecule has 0 bridgehead atoms. The normalized spacial score (nSPS) is 10.4. The lowest BCUT2D eigenvalue weighted by Gasteiger charge is -2.11. The minimum atomic E-state index is -0.292. The lowest BCUT2D eigenvalue weighted by atomic mass is 10.2. The second-order valence-corrected chi connectivity index (χ2v) is 6.02. The third-order valence-corrected chi connectivity index (χ3v) is 3.64. The number of amides is 1. The van der Waals surface area contributed by atoms with Gasteiger partial charge in [-0.1, -0.05) is 24.8 Å². The highest BCUT2D eigenvalue weighted by Gasteiger charge is 2.18. The van der Waals surface area contributed by atoms with E-state index in [1.165, 1.54) is 0 Å². The zero-order valence-corrected chi connectivity index (χ0v) is 15.0. The summed E-state index contributed by atoms with van der Waals surface area (Å²) in [6.45, 7) is 5.76. The molecular weight excluding hydrogens is 328 g/mol. The summed E-state index contributed by atoms with van der Waals surface area (Å²) in [6, 6.07) is 12.7. The number of nitrogens with zero attached hydrogens (tertiary/aromatic N) is 5. The molecule has 1 N–H and O–H groups in total. The van der Waals surface area contributed by atoms with E-state index in [9.17, 15) is 4.79 Å². The Morgan fingerprint density at radius 3 is 2.58 bits per heavy atom. The van der Waals surface area contributed by atoms with Crippen LogP contribution in [-0.4, -0.2) is 39.8 Å². The third kappa shape index (κ3) is 3.61. The first-order valence-corrected chi connectivity index (χ1v) is 8.09. The zero-order valence-electron chi connectivity index (χ0n) is 15.0. The quantitative estimate of drug-likeness (QED) is 0.766. The molecule has 2 heterocycles. The molecule has 1 amide bonds. The van der Waals surface area contributed by atoms with Crippen molar-refractivity contribution in [2.75, 3.05) is 24.3 Å². The van der Waals surface area contributed by atoms with Crippen molar-refractivity contribution in [1.82, 2.24) is 19.7 Å². The second-order valence-electron chi connectivity index (χ2n) is 6.02. The largest absolute Gasteiger partial charge is 0.347 e. The molecule has 0 saturated carbocycles. The number of carbonyl (C=O) groups is 1. The molecule has 0 fully saturated rings. The number of para-hydroxylation sites is 1. The van der Waals surface area contributed by atoms with Crippen LogP contribution in [0.25, 0.3) is 17.1 Å². The molecule has 2 aromatic heterocycles. The minimum Gasteiger partial charge on any atom is -0.347 e. The summed E-state index contributed by atoms with van der Waals surface area (Å²) in [5.41, 5.74) is 3.03. The Balaban J connectivity index is 1.98. The van der Waals surface area contributed by atoms with Gasteiger partial charge in [0.1, 0.15) is 0 Å². The number of rotatable bonds is 5. The van der Waals surface area contributed by atoms with Gasteiger partial charge >= 0.3 is 0 Å². The zero-order chi connectivity index (χ0) is 18.7. The van der Waals surface area contributed by atoms with E-state index in [2.05, 4.69) is 27.0 Å². The second kappa shape index (κ2) is 7.18. The molecule has 0 saturated heterocycles. The highest BCUT2D eigenvalue weighted by atomic mass is 16.1. The Morgan fingerprint density at radius 1 is 1.19 bits per heavy atom. The van der Waals surface area contributed by atoms with Gasteiger partial charge in [0.15, 0.2) is 5.69 Å². The van der Waals surface area contributed by atoms with Crippen LogP contribution in [0.3, 0.4) is 0 Å². The average Bonchev–Trinajstić information content (AvgIpc) is 3.08. The minimum absolute atomic E-state index is 0.289. The molecule has 26 heavy (non-hydrogen) atoms. The number of hydrogen-bond donors (Lipinski definition) is 1. The van der Waals surface area contributed by atoms with Gasteiger partial charge in [0.05, 0.1) is 11.4 Å². The Kier molecular flexibility index (Phi) is 4.79. The Morgan fingerprint density at radius 2 is 1.92 bits per heavy atom. The fraction of sp³-hybridized carbons (Fsp3) is 0.158. The SMILES string of the molecule is C=C(C)n1nc(C(=O)Nc2ccccc2)cc1-c1ccnc(N(C)C)n1. The summed E-state index contributed by atoms with van der Waals surface area (Å²) in [5.74, 6) is 0.284. The van der Waals surface area contributed by atoms with Crippen molar-refractivity contribution in [2.45, 2.75) is 6.92 Å². The van der Waals surface area contributed by atoms with Crippen LogP contribution in [-0.2, 0) is 0 Å². The maximum atomic E-state index is 12.6. The van der Waals surface area contributed by atoms with Crippen LogP contribution in [0.4, 0.5) is 11.6 Å². The van der Waals surface area contributed by atoms with Crippen LogP contribution in [0.2, 0.25) is 0 Å². The lowest BCUT2D eigenvalue weighted by molar-refractivity contribution is 0.102. The molecule has 0 aliphatic carbocycles. The van der Waals surface area contributed by atoms with Gasteiger partial charge in [-0.3, -0.25) is 4.79 Å². The summed E-state index contributed by atoms with van der Waals surface area (Å²) in [5, 5.41) is 7.22.